The van der Waals surface area contributed by atoms with Crippen molar-refractivity contribution in [2.24, 2.45) is 0 Å². The molecule has 2 rings (SSSR count). The molecule has 0 saturated heterocycles. The van der Waals surface area contributed by atoms with Crippen LogP contribution in [0, 0.1) is 18.3 Å². The number of benzene rings is 2. The number of aryl methyl sites for hydroxylation is 1. The first kappa shape index (κ1) is 18.4. The minimum atomic E-state index is -3.63. The maximum atomic E-state index is 12.5. The highest BCUT2D eigenvalue weighted by atomic mass is 32.2. The molecule has 1 amide bonds. The van der Waals surface area contributed by atoms with E-state index >= 15 is 0 Å². The van der Waals surface area contributed by atoms with Gasteiger partial charge in [-0.15, -0.1) is 0 Å². The molecule has 2 aromatic carbocycles. The number of anilines is 1. The fourth-order valence-corrected chi connectivity index (χ4v) is 2.84. The normalized spacial score (nSPS) is 10.8. The largest absolute Gasteiger partial charge is 0.479 e. The van der Waals surface area contributed by atoms with Crippen molar-refractivity contribution in [2.45, 2.75) is 11.8 Å². The molecule has 0 aliphatic carbocycles. The lowest BCUT2D eigenvalue weighted by molar-refractivity contribution is 0.102. The summed E-state index contributed by atoms with van der Waals surface area (Å²) in [4.78, 5) is 12.5. The van der Waals surface area contributed by atoms with Gasteiger partial charge >= 0.3 is 0 Å². The molecule has 0 aliphatic rings. The third kappa shape index (κ3) is 4.56. The molecular weight excluding hydrogens is 342 g/mol. The lowest BCUT2D eigenvalue weighted by Gasteiger charge is -2.10. The second-order valence-corrected chi connectivity index (χ2v) is 7.00. The van der Waals surface area contributed by atoms with E-state index in [1.54, 1.807) is 37.3 Å². The molecular formula is C17H17N3O4S. The molecule has 130 valence electrons. The summed E-state index contributed by atoms with van der Waals surface area (Å²) in [5.41, 5.74) is 1.44. The number of hydrogen-bond acceptors (Lipinski definition) is 5. The molecule has 0 saturated carbocycles. The number of amides is 1. The second-order valence-electron chi connectivity index (χ2n) is 5.11. The standard InChI is InChI=1S/C17H17N3O4S/c1-12-3-8-15(25(22,23)19-2)11-16(12)17(21)20-13-4-6-14(7-5-13)24-10-9-18/h3-8,11,19H,10H2,1-2H3,(H,20,21). The van der Waals surface area contributed by atoms with Crippen molar-refractivity contribution >= 4 is 21.6 Å². The molecule has 0 bridgehead atoms. The van der Waals surface area contributed by atoms with Gasteiger partial charge < -0.3 is 10.1 Å². The Balaban J connectivity index is 2.21. The molecule has 2 aromatic rings. The average molecular weight is 359 g/mol. The number of hydrogen-bond donors (Lipinski definition) is 2. The van der Waals surface area contributed by atoms with Crippen molar-refractivity contribution < 1.29 is 17.9 Å². The molecule has 0 spiro atoms. The van der Waals surface area contributed by atoms with Gasteiger partial charge in [-0.1, -0.05) is 6.07 Å². The SMILES string of the molecule is CNS(=O)(=O)c1ccc(C)c(C(=O)Nc2ccc(OCC#N)cc2)c1. The molecule has 2 N–H and O–H groups in total. The minimum Gasteiger partial charge on any atom is -0.479 e. The Labute approximate surface area is 146 Å². The summed E-state index contributed by atoms with van der Waals surface area (Å²) in [6, 6.07) is 12.7. The summed E-state index contributed by atoms with van der Waals surface area (Å²) in [6.07, 6.45) is 0. The van der Waals surface area contributed by atoms with E-state index in [4.69, 9.17) is 10.00 Å². The predicted molar refractivity (Wildman–Crippen MR) is 92.9 cm³/mol. The van der Waals surface area contributed by atoms with Crippen molar-refractivity contribution in [1.29, 1.82) is 5.26 Å². The van der Waals surface area contributed by atoms with Gasteiger partial charge in [0.25, 0.3) is 5.91 Å². The second kappa shape index (κ2) is 7.79. The number of nitrogens with zero attached hydrogens (tertiary/aromatic N) is 1. The Morgan fingerprint density at radius 1 is 1.20 bits per heavy atom. The number of nitriles is 1. The van der Waals surface area contributed by atoms with Crippen LogP contribution in [0.5, 0.6) is 5.75 Å². The van der Waals surface area contributed by atoms with Gasteiger partial charge in [0.2, 0.25) is 10.0 Å². The van der Waals surface area contributed by atoms with Gasteiger partial charge in [0.1, 0.15) is 11.8 Å². The Bertz CT molecular complexity index is 916. The molecule has 0 aliphatic heterocycles. The van der Waals surface area contributed by atoms with E-state index in [1.807, 2.05) is 6.07 Å². The highest BCUT2D eigenvalue weighted by molar-refractivity contribution is 7.89. The Kier molecular flexibility index (Phi) is 5.75. The zero-order chi connectivity index (χ0) is 18.4. The van der Waals surface area contributed by atoms with Crippen LogP contribution in [0.2, 0.25) is 0 Å². The van der Waals surface area contributed by atoms with Crippen molar-refractivity contribution in [2.75, 3.05) is 19.0 Å². The van der Waals surface area contributed by atoms with E-state index < -0.39 is 15.9 Å². The minimum absolute atomic E-state index is 0.0194. The monoisotopic (exact) mass is 359 g/mol. The number of nitrogens with one attached hydrogen (secondary N) is 2. The molecule has 0 heterocycles. The first-order chi connectivity index (χ1) is 11.9. The van der Waals surface area contributed by atoms with Gasteiger partial charge in [0, 0.05) is 11.3 Å². The lowest BCUT2D eigenvalue weighted by Crippen LogP contribution is -2.20. The molecule has 0 radical (unpaired) electrons. The zero-order valence-corrected chi connectivity index (χ0v) is 14.6. The number of carbonyl (C=O) groups is 1. The molecule has 0 fully saturated rings. The Morgan fingerprint density at radius 2 is 1.88 bits per heavy atom. The summed E-state index contributed by atoms with van der Waals surface area (Å²) >= 11 is 0. The summed E-state index contributed by atoms with van der Waals surface area (Å²) in [7, 11) is -2.32. The number of ether oxygens (including phenoxy) is 1. The van der Waals surface area contributed by atoms with Crippen LogP contribution in [0.1, 0.15) is 15.9 Å². The maximum Gasteiger partial charge on any atom is 0.255 e. The molecule has 0 atom stereocenters. The first-order valence-electron chi connectivity index (χ1n) is 7.33. The van der Waals surface area contributed by atoms with E-state index in [1.165, 1.54) is 19.2 Å². The molecule has 0 unspecified atom stereocenters. The number of rotatable bonds is 6. The molecule has 0 aromatic heterocycles. The smallest absolute Gasteiger partial charge is 0.255 e. The Morgan fingerprint density at radius 3 is 2.48 bits per heavy atom. The van der Waals surface area contributed by atoms with E-state index in [0.29, 0.717) is 17.0 Å². The van der Waals surface area contributed by atoms with E-state index in [-0.39, 0.29) is 17.1 Å². The summed E-state index contributed by atoms with van der Waals surface area (Å²) < 4.78 is 31.1. The van der Waals surface area contributed by atoms with Crippen LogP contribution in [-0.2, 0) is 10.0 Å². The highest BCUT2D eigenvalue weighted by Gasteiger charge is 2.16. The van der Waals surface area contributed by atoms with E-state index in [9.17, 15) is 13.2 Å². The number of carbonyl (C=O) groups excluding carboxylic acids is 1. The quantitative estimate of drug-likeness (QED) is 0.821. The van der Waals surface area contributed by atoms with Crippen molar-refractivity contribution in [3.63, 3.8) is 0 Å². The average Bonchev–Trinajstić information content (AvgIpc) is 2.61. The lowest BCUT2D eigenvalue weighted by atomic mass is 10.1. The van der Waals surface area contributed by atoms with Gasteiger partial charge in [-0.25, -0.2) is 13.1 Å². The topological polar surface area (TPSA) is 108 Å². The molecule has 8 heteroatoms. The summed E-state index contributed by atoms with van der Waals surface area (Å²) in [5, 5.41) is 11.2. The van der Waals surface area contributed by atoms with Crippen LogP contribution in [0.25, 0.3) is 0 Å². The van der Waals surface area contributed by atoms with Gasteiger partial charge in [-0.05, 0) is 55.9 Å². The Hall–Kier alpha value is -2.89. The maximum absolute atomic E-state index is 12.5. The van der Waals surface area contributed by atoms with Crippen molar-refractivity contribution in [3.05, 3.63) is 53.6 Å². The third-order valence-electron chi connectivity index (χ3n) is 3.45. The van der Waals surface area contributed by atoms with Crippen LogP contribution in [0.15, 0.2) is 47.4 Å². The molecule has 7 nitrogen and oxygen atoms in total. The number of sulfonamides is 1. The highest BCUT2D eigenvalue weighted by Crippen LogP contribution is 2.19. The predicted octanol–water partition coefficient (Wildman–Crippen LogP) is 2.06. The fraction of sp³-hybridized carbons (Fsp3) is 0.176. The van der Waals surface area contributed by atoms with E-state index in [0.717, 1.165) is 0 Å². The van der Waals surface area contributed by atoms with Gasteiger partial charge in [-0.3, -0.25) is 4.79 Å². The van der Waals surface area contributed by atoms with Crippen LogP contribution >= 0.6 is 0 Å². The van der Waals surface area contributed by atoms with E-state index in [2.05, 4.69) is 10.0 Å². The van der Waals surface area contributed by atoms with Crippen LogP contribution < -0.4 is 14.8 Å². The van der Waals surface area contributed by atoms with Crippen LogP contribution in [0.4, 0.5) is 5.69 Å². The third-order valence-corrected chi connectivity index (χ3v) is 4.86. The van der Waals surface area contributed by atoms with Crippen LogP contribution in [-0.4, -0.2) is 28.0 Å². The summed E-state index contributed by atoms with van der Waals surface area (Å²) in [5.74, 6) is 0.0918. The first-order valence-corrected chi connectivity index (χ1v) is 8.81. The van der Waals surface area contributed by atoms with Crippen molar-refractivity contribution in [1.82, 2.24) is 4.72 Å². The van der Waals surface area contributed by atoms with Crippen molar-refractivity contribution in [3.8, 4) is 11.8 Å². The van der Waals surface area contributed by atoms with Gasteiger partial charge in [0.15, 0.2) is 6.61 Å². The summed E-state index contributed by atoms with van der Waals surface area (Å²) in [6.45, 7) is 1.67. The zero-order valence-electron chi connectivity index (χ0n) is 13.7. The van der Waals surface area contributed by atoms with Crippen LogP contribution in [0.3, 0.4) is 0 Å². The van der Waals surface area contributed by atoms with Gasteiger partial charge in [-0.2, -0.15) is 5.26 Å². The molecule has 25 heavy (non-hydrogen) atoms. The fourth-order valence-electron chi connectivity index (χ4n) is 2.08. The van der Waals surface area contributed by atoms with Gasteiger partial charge in [0.05, 0.1) is 4.90 Å².